The fraction of sp³-hybridized carbons (Fsp3) is 0.300. The van der Waals surface area contributed by atoms with Crippen molar-refractivity contribution in [3.05, 3.63) is 65.7 Å². The second kappa shape index (κ2) is 6.81. The molecule has 1 saturated heterocycles. The standard InChI is InChI=1S/C20H21NO5S/c1-4-26-18(22)17-20(3,15-8-6-5-7-9-15)19(23)21(17)27(24,25)16-12-10-14(2)11-13-16/h5-13,17H,4H2,1-3H3. The summed E-state index contributed by atoms with van der Waals surface area (Å²) in [6, 6.07) is 13.6. The maximum atomic E-state index is 13.1. The van der Waals surface area contributed by atoms with Crippen molar-refractivity contribution in [1.82, 2.24) is 4.31 Å². The second-order valence-electron chi connectivity index (χ2n) is 6.64. The Balaban J connectivity index is 2.09. The Morgan fingerprint density at radius 2 is 1.70 bits per heavy atom. The molecule has 1 fully saturated rings. The predicted octanol–water partition coefficient (Wildman–Crippen LogP) is 2.42. The molecule has 2 aromatic rings. The lowest BCUT2D eigenvalue weighted by Crippen LogP contribution is -2.74. The molecule has 1 aliphatic rings. The van der Waals surface area contributed by atoms with E-state index in [1.54, 1.807) is 56.3 Å². The van der Waals surface area contributed by atoms with Crippen LogP contribution in [0.25, 0.3) is 0 Å². The first-order valence-corrected chi connectivity index (χ1v) is 10.1. The maximum absolute atomic E-state index is 13.1. The van der Waals surface area contributed by atoms with Gasteiger partial charge in [0.2, 0.25) is 5.91 Å². The highest BCUT2D eigenvalue weighted by Gasteiger charge is 2.66. The van der Waals surface area contributed by atoms with Crippen LogP contribution >= 0.6 is 0 Å². The molecule has 0 bridgehead atoms. The second-order valence-corrected chi connectivity index (χ2v) is 8.46. The molecule has 1 aliphatic heterocycles. The average molecular weight is 387 g/mol. The third-order valence-corrected chi connectivity index (χ3v) is 6.65. The van der Waals surface area contributed by atoms with Gasteiger partial charge in [-0.3, -0.25) is 4.79 Å². The Hall–Kier alpha value is -2.67. The number of rotatable bonds is 5. The normalized spacial score (nSPS) is 22.3. The molecule has 0 radical (unpaired) electrons. The summed E-state index contributed by atoms with van der Waals surface area (Å²) in [6.07, 6.45) is 0. The van der Waals surface area contributed by atoms with Gasteiger partial charge in [0, 0.05) is 0 Å². The van der Waals surface area contributed by atoms with E-state index >= 15 is 0 Å². The van der Waals surface area contributed by atoms with E-state index in [1.165, 1.54) is 12.1 Å². The van der Waals surface area contributed by atoms with E-state index in [2.05, 4.69) is 0 Å². The van der Waals surface area contributed by atoms with Gasteiger partial charge in [0.25, 0.3) is 10.0 Å². The van der Waals surface area contributed by atoms with Gasteiger partial charge in [-0.1, -0.05) is 48.0 Å². The van der Waals surface area contributed by atoms with Crippen molar-refractivity contribution >= 4 is 21.9 Å². The minimum Gasteiger partial charge on any atom is -0.464 e. The molecule has 6 nitrogen and oxygen atoms in total. The summed E-state index contributed by atoms with van der Waals surface area (Å²) in [5.41, 5.74) is 0.161. The molecule has 1 heterocycles. The number of esters is 1. The van der Waals surface area contributed by atoms with E-state index in [4.69, 9.17) is 4.74 Å². The lowest BCUT2D eigenvalue weighted by molar-refractivity contribution is -0.168. The summed E-state index contributed by atoms with van der Waals surface area (Å²) >= 11 is 0. The van der Waals surface area contributed by atoms with Gasteiger partial charge in [-0.2, -0.15) is 0 Å². The maximum Gasteiger partial charge on any atom is 0.331 e. The van der Waals surface area contributed by atoms with E-state index in [9.17, 15) is 18.0 Å². The van der Waals surface area contributed by atoms with E-state index < -0.39 is 33.4 Å². The summed E-state index contributed by atoms with van der Waals surface area (Å²) in [5.74, 6) is -1.38. The lowest BCUT2D eigenvalue weighted by Gasteiger charge is -2.51. The summed E-state index contributed by atoms with van der Waals surface area (Å²) in [7, 11) is -4.18. The first-order valence-electron chi connectivity index (χ1n) is 8.62. The number of hydrogen-bond donors (Lipinski definition) is 0. The van der Waals surface area contributed by atoms with Crippen LogP contribution in [0, 0.1) is 6.92 Å². The van der Waals surface area contributed by atoms with Gasteiger partial charge in [0.15, 0.2) is 6.04 Å². The zero-order valence-corrected chi connectivity index (χ0v) is 16.2. The van der Waals surface area contributed by atoms with Crippen LogP contribution in [0.2, 0.25) is 0 Å². The summed E-state index contributed by atoms with van der Waals surface area (Å²) < 4.78 is 31.9. The number of β-lactam (4-membered cyclic amide) rings is 1. The fourth-order valence-corrected chi connectivity index (χ4v) is 5.01. The number of carbonyl (C=O) groups is 2. The monoisotopic (exact) mass is 387 g/mol. The van der Waals surface area contributed by atoms with Crippen molar-refractivity contribution < 1.29 is 22.7 Å². The first-order chi connectivity index (χ1) is 12.7. The number of sulfonamides is 1. The zero-order valence-electron chi connectivity index (χ0n) is 15.4. The first kappa shape index (κ1) is 19.1. The topological polar surface area (TPSA) is 80.8 Å². The van der Waals surface area contributed by atoms with Crippen LogP contribution in [-0.4, -0.2) is 37.2 Å². The molecule has 0 N–H and O–H groups in total. The van der Waals surface area contributed by atoms with Crippen molar-refractivity contribution in [2.45, 2.75) is 37.1 Å². The number of benzene rings is 2. The Labute approximate surface area is 158 Å². The number of carbonyl (C=O) groups excluding carboxylic acids is 2. The highest BCUT2D eigenvalue weighted by atomic mass is 32.2. The summed E-state index contributed by atoms with van der Waals surface area (Å²) in [5, 5.41) is 0. The molecule has 142 valence electrons. The van der Waals surface area contributed by atoms with Gasteiger partial charge in [0.1, 0.15) is 5.41 Å². The smallest absolute Gasteiger partial charge is 0.331 e. The third kappa shape index (κ3) is 2.92. The number of nitrogens with zero attached hydrogens (tertiary/aromatic N) is 1. The molecule has 2 aromatic carbocycles. The Bertz CT molecular complexity index is 969. The molecule has 2 atom stereocenters. The quantitative estimate of drug-likeness (QED) is 0.581. The van der Waals surface area contributed by atoms with Gasteiger partial charge < -0.3 is 4.74 Å². The SMILES string of the molecule is CCOC(=O)C1N(S(=O)(=O)c2ccc(C)cc2)C(=O)C1(C)c1ccccc1. The summed E-state index contributed by atoms with van der Waals surface area (Å²) in [4.78, 5) is 25.6. The number of hydrogen-bond acceptors (Lipinski definition) is 5. The number of ether oxygens (including phenoxy) is 1. The van der Waals surface area contributed by atoms with Crippen LogP contribution in [0.4, 0.5) is 0 Å². The minimum atomic E-state index is -4.18. The Morgan fingerprint density at radius 1 is 1.11 bits per heavy atom. The van der Waals surface area contributed by atoms with Crippen molar-refractivity contribution in [2.24, 2.45) is 0 Å². The van der Waals surface area contributed by atoms with Crippen LogP contribution in [0.1, 0.15) is 25.0 Å². The van der Waals surface area contributed by atoms with Crippen LogP contribution in [0.5, 0.6) is 0 Å². The number of aryl methyl sites for hydroxylation is 1. The highest BCUT2D eigenvalue weighted by molar-refractivity contribution is 7.89. The Morgan fingerprint density at radius 3 is 2.26 bits per heavy atom. The van der Waals surface area contributed by atoms with Gasteiger partial charge in [-0.15, -0.1) is 0 Å². The molecule has 0 spiro atoms. The molecule has 0 aliphatic carbocycles. The van der Waals surface area contributed by atoms with Gasteiger partial charge in [-0.25, -0.2) is 17.5 Å². The predicted molar refractivity (Wildman–Crippen MR) is 99.4 cm³/mol. The van der Waals surface area contributed by atoms with E-state index in [1.807, 2.05) is 6.92 Å². The molecular weight excluding hydrogens is 366 g/mol. The van der Waals surface area contributed by atoms with E-state index in [0.29, 0.717) is 9.87 Å². The van der Waals surface area contributed by atoms with Crippen LogP contribution < -0.4 is 0 Å². The van der Waals surface area contributed by atoms with E-state index in [-0.39, 0.29) is 11.5 Å². The van der Waals surface area contributed by atoms with Crippen LogP contribution in [-0.2, 0) is 29.8 Å². The fourth-order valence-electron chi connectivity index (χ4n) is 3.32. The van der Waals surface area contributed by atoms with Crippen molar-refractivity contribution in [1.29, 1.82) is 0 Å². The largest absolute Gasteiger partial charge is 0.464 e. The highest BCUT2D eigenvalue weighted by Crippen LogP contribution is 2.45. The van der Waals surface area contributed by atoms with Gasteiger partial charge in [-0.05, 0) is 38.5 Å². The van der Waals surface area contributed by atoms with Crippen LogP contribution in [0.15, 0.2) is 59.5 Å². The molecule has 2 unspecified atom stereocenters. The number of amides is 1. The molecular formula is C20H21NO5S. The molecule has 27 heavy (non-hydrogen) atoms. The molecule has 3 rings (SSSR count). The van der Waals surface area contributed by atoms with Gasteiger partial charge >= 0.3 is 5.97 Å². The summed E-state index contributed by atoms with van der Waals surface area (Å²) in [6.45, 7) is 5.14. The van der Waals surface area contributed by atoms with Crippen molar-refractivity contribution in [3.8, 4) is 0 Å². The molecule has 0 aromatic heterocycles. The molecule has 7 heteroatoms. The average Bonchev–Trinajstić information content (AvgIpc) is 2.65. The zero-order chi connectivity index (χ0) is 19.8. The van der Waals surface area contributed by atoms with Crippen LogP contribution in [0.3, 0.4) is 0 Å². The van der Waals surface area contributed by atoms with Gasteiger partial charge in [0.05, 0.1) is 11.5 Å². The molecule has 0 saturated carbocycles. The third-order valence-electron chi connectivity index (χ3n) is 4.89. The molecule has 1 amide bonds. The van der Waals surface area contributed by atoms with Crippen molar-refractivity contribution in [2.75, 3.05) is 6.61 Å². The van der Waals surface area contributed by atoms with Crippen molar-refractivity contribution in [3.63, 3.8) is 0 Å². The lowest BCUT2D eigenvalue weighted by atomic mass is 9.69. The van der Waals surface area contributed by atoms with E-state index in [0.717, 1.165) is 5.56 Å². The Kier molecular flexibility index (Phi) is 4.82. The minimum absolute atomic E-state index is 0.0362.